The molecule has 1 unspecified atom stereocenters. The number of carbonyl (C=O) groups excluding carboxylic acids is 1. The fraction of sp³-hybridized carbons (Fsp3) is 0.615. The Kier molecular flexibility index (Phi) is 8.97. The summed E-state index contributed by atoms with van der Waals surface area (Å²) in [6.45, 7) is 7.57. The summed E-state index contributed by atoms with van der Waals surface area (Å²) in [5, 5.41) is 8.31. The number of nitrogens with zero attached hydrogens (tertiary/aromatic N) is 2. The lowest BCUT2D eigenvalue weighted by atomic mass is 10.3. The van der Waals surface area contributed by atoms with Gasteiger partial charge in [-0.25, -0.2) is 4.79 Å². The van der Waals surface area contributed by atoms with Crippen LogP contribution in [0.5, 0.6) is 0 Å². The van der Waals surface area contributed by atoms with Crippen molar-refractivity contribution >= 4 is 40.8 Å². The number of esters is 1. The van der Waals surface area contributed by atoms with Gasteiger partial charge in [0.05, 0.1) is 0 Å². The first-order valence-electron chi connectivity index (χ1n) is 6.61. The van der Waals surface area contributed by atoms with Gasteiger partial charge in [-0.1, -0.05) is 61.7 Å². The predicted octanol–water partition coefficient (Wildman–Crippen LogP) is 4.03. The number of rotatable bonds is 10. The SMILES string of the molecule is C=CC(=O)OC(CC)CSc1nnc(SCCCC)s1. The van der Waals surface area contributed by atoms with Crippen LogP contribution < -0.4 is 0 Å². The number of hydrogen-bond donors (Lipinski definition) is 0. The summed E-state index contributed by atoms with van der Waals surface area (Å²) < 4.78 is 7.17. The number of thioether (sulfide) groups is 2. The standard InChI is InChI=1S/C13H20N2O2S3/c1-4-7-8-18-12-14-15-13(20-12)19-9-10(5-2)17-11(16)6-3/h6,10H,3-5,7-9H2,1-2H3. The van der Waals surface area contributed by atoms with Gasteiger partial charge >= 0.3 is 5.97 Å². The van der Waals surface area contributed by atoms with Crippen molar-refractivity contribution in [2.75, 3.05) is 11.5 Å². The van der Waals surface area contributed by atoms with Gasteiger partial charge in [-0.05, 0) is 12.8 Å². The van der Waals surface area contributed by atoms with Crippen molar-refractivity contribution in [1.29, 1.82) is 0 Å². The molecule has 1 aromatic rings. The van der Waals surface area contributed by atoms with E-state index in [0.717, 1.165) is 20.9 Å². The summed E-state index contributed by atoms with van der Waals surface area (Å²) >= 11 is 4.94. The number of hydrogen-bond acceptors (Lipinski definition) is 7. The van der Waals surface area contributed by atoms with Crippen molar-refractivity contribution in [3.8, 4) is 0 Å². The Morgan fingerprint density at radius 1 is 1.40 bits per heavy atom. The minimum atomic E-state index is -0.370. The molecule has 0 aliphatic rings. The summed E-state index contributed by atoms with van der Waals surface area (Å²) in [5.74, 6) is 1.42. The van der Waals surface area contributed by atoms with Crippen molar-refractivity contribution in [3.63, 3.8) is 0 Å². The van der Waals surface area contributed by atoms with Gasteiger partial charge in [-0.2, -0.15) is 0 Å². The molecule has 4 nitrogen and oxygen atoms in total. The van der Waals surface area contributed by atoms with E-state index in [2.05, 4.69) is 23.7 Å². The Hall–Kier alpha value is -0.530. The normalized spacial score (nSPS) is 12.1. The average molecular weight is 333 g/mol. The Labute approximate surface area is 132 Å². The molecule has 1 atom stereocenters. The van der Waals surface area contributed by atoms with Gasteiger partial charge in [0.25, 0.3) is 0 Å². The van der Waals surface area contributed by atoms with Crippen LogP contribution in [-0.4, -0.2) is 33.8 Å². The summed E-state index contributed by atoms with van der Waals surface area (Å²) in [4.78, 5) is 11.2. The van der Waals surface area contributed by atoms with E-state index in [1.165, 1.54) is 18.9 Å². The van der Waals surface area contributed by atoms with Crippen molar-refractivity contribution in [2.24, 2.45) is 0 Å². The quantitative estimate of drug-likeness (QED) is 0.279. The minimum absolute atomic E-state index is 0.106. The van der Waals surface area contributed by atoms with Crippen LogP contribution in [0.25, 0.3) is 0 Å². The predicted molar refractivity (Wildman–Crippen MR) is 86.6 cm³/mol. The topological polar surface area (TPSA) is 52.1 Å². The van der Waals surface area contributed by atoms with Crippen LogP contribution in [0.4, 0.5) is 0 Å². The molecule has 112 valence electrons. The highest BCUT2D eigenvalue weighted by atomic mass is 32.2. The van der Waals surface area contributed by atoms with Crippen molar-refractivity contribution < 1.29 is 9.53 Å². The van der Waals surface area contributed by atoms with E-state index in [9.17, 15) is 4.79 Å². The highest BCUT2D eigenvalue weighted by molar-refractivity contribution is 8.03. The minimum Gasteiger partial charge on any atom is -0.458 e. The maximum absolute atomic E-state index is 11.2. The van der Waals surface area contributed by atoms with Gasteiger partial charge in [-0.3, -0.25) is 0 Å². The molecule has 0 N–H and O–H groups in total. The van der Waals surface area contributed by atoms with E-state index in [4.69, 9.17) is 4.74 Å². The van der Waals surface area contributed by atoms with E-state index >= 15 is 0 Å². The summed E-state index contributed by atoms with van der Waals surface area (Å²) in [6.07, 6.45) is 4.26. The van der Waals surface area contributed by atoms with Gasteiger partial charge in [0.2, 0.25) is 0 Å². The van der Waals surface area contributed by atoms with E-state index in [0.29, 0.717) is 5.75 Å². The molecule has 0 fully saturated rings. The molecule has 0 spiro atoms. The zero-order valence-corrected chi connectivity index (χ0v) is 14.3. The van der Waals surface area contributed by atoms with Gasteiger partial charge in [-0.15, -0.1) is 10.2 Å². The van der Waals surface area contributed by atoms with E-state index in [1.807, 2.05) is 6.92 Å². The maximum Gasteiger partial charge on any atom is 0.330 e. The van der Waals surface area contributed by atoms with Crippen molar-refractivity contribution in [2.45, 2.75) is 47.9 Å². The molecule has 0 amide bonds. The lowest BCUT2D eigenvalue weighted by Gasteiger charge is -2.13. The van der Waals surface area contributed by atoms with Gasteiger partial charge < -0.3 is 4.74 Å². The van der Waals surface area contributed by atoms with Gasteiger partial charge in [0.15, 0.2) is 8.68 Å². The zero-order chi connectivity index (χ0) is 14.8. The van der Waals surface area contributed by atoms with E-state index in [1.54, 1.807) is 34.9 Å². The summed E-state index contributed by atoms with van der Waals surface area (Å²) in [6, 6.07) is 0. The first-order chi connectivity index (χ1) is 9.69. The summed E-state index contributed by atoms with van der Waals surface area (Å²) in [5.41, 5.74) is 0. The molecule has 0 aliphatic carbocycles. The Balaban J connectivity index is 2.36. The van der Waals surface area contributed by atoms with Crippen LogP contribution in [0.3, 0.4) is 0 Å². The Bertz CT molecular complexity index is 424. The van der Waals surface area contributed by atoms with Gasteiger partial charge in [0.1, 0.15) is 6.10 Å². The van der Waals surface area contributed by atoms with Crippen LogP contribution >= 0.6 is 34.9 Å². The second kappa shape index (κ2) is 10.2. The lowest BCUT2D eigenvalue weighted by molar-refractivity contribution is -0.141. The first kappa shape index (κ1) is 17.5. The molecule has 0 radical (unpaired) electrons. The highest BCUT2D eigenvalue weighted by Gasteiger charge is 2.13. The maximum atomic E-state index is 11.2. The Morgan fingerprint density at radius 3 is 2.70 bits per heavy atom. The molecular formula is C13H20N2O2S3. The third-order valence-corrected chi connectivity index (χ3v) is 5.82. The fourth-order valence-electron chi connectivity index (χ4n) is 1.23. The molecular weight excluding hydrogens is 312 g/mol. The smallest absolute Gasteiger partial charge is 0.330 e. The molecule has 0 saturated heterocycles. The zero-order valence-electron chi connectivity index (χ0n) is 11.8. The van der Waals surface area contributed by atoms with Crippen LogP contribution in [0.15, 0.2) is 21.3 Å². The molecule has 0 aromatic carbocycles. The molecule has 7 heteroatoms. The van der Waals surface area contributed by atoms with E-state index < -0.39 is 0 Å². The monoisotopic (exact) mass is 332 g/mol. The lowest BCUT2D eigenvalue weighted by Crippen LogP contribution is -2.18. The van der Waals surface area contributed by atoms with Crippen LogP contribution in [0.2, 0.25) is 0 Å². The van der Waals surface area contributed by atoms with Gasteiger partial charge in [0, 0.05) is 17.6 Å². The third kappa shape index (κ3) is 6.76. The largest absolute Gasteiger partial charge is 0.458 e. The van der Waals surface area contributed by atoms with Crippen molar-refractivity contribution in [3.05, 3.63) is 12.7 Å². The highest BCUT2D eigenvalue weighted by Crippen LogP contribution is 2.30. The number of carbonyl (C=O) groups is 1. The van der Waals surface area contributed by atoms with Crippen LogP contribution in [-0.2, 0) is 9.53 Å². The second-order valence-electron chi connectivity index (χ2n) is 4.02. The van der Waals surface area contributed by atoms with Crippen molar-refractivity contribution in [1.82, 2.24) is 10.2 Å². The number of ether oxygens (including phenoxy) is 1. The fourth-order valence-corrected chi connectivity index (χ4v) is 4.54. The number of unbranched alkanes of at least 4 members (excludes halogenated alkanes) is 1. The second-order valence-corrected chi connectivity index (χ2v) is 7.60. The van der Waals surface area contributed by atoms with Crippen LogP contribution in [0.1, 0.15) is 33.1 Å². The molecule has 1 rings (SSSR count). The molecule has 20 heavy (non-hydrogen) atoms. The molecule has 0 saturated carbocycles. The van der Waals surface area contributed by atoms with Crippen LogP contribution in [0, 0.1) is 0 Å². The first-order valence-corrected chi connectivity index (χ1v) is 9.40. The molecule has 1 aromatic heterocycles. The Morgan fingerprint density at radius 2 is 2.10 bits per heavy atom. The molecule has 0 bridgehead atoms. The third-order valence-electron chi connectivity index (χ3n) is 2.41. The number of aromatic nitrogens is 2. The molecule has 0 aliphatic heterocycles. The average Bonchev–Trinajstić information content (AvgIpc) is 2.91. The molecule has 1 heterocycles. The summed E-state index contributed by atoms with van der Waals surface area (Å²) in [7, 11) is 0. The van der Waals surface area contributed by atoms with E-state index in [-0.39, 0.29) is 12.1 Å².